The van der Waals surface area contributed by atoms with Gasteiger partial charge in [-0.2, -0.15) is 0 Å². The maximum absolute atomic E-state index is 13.4. The molecule has 0 amide bonds. The predicted molar refractivity (Wildman–Crippen MR) is 95.5 cm³/mol. The van der Waals surface area contributed by atoms with E-state index in [-0.39, 0.29) is 35.1 Å². The smallest absolute Gasteiger partial charge is 0.302 e. The van der Waals surface area contributed by atoms with Crippen LogP contribution in [0.2, 0.25) is 0 Å². The number of allylic oxidation sites excluding steroid dienone is 1. The van der Waals surface area contributed by atoms with Gasteiger partial charge in [0.2, 0.25) is 0 Å². The van der Waals surface area contributed by atoms with Gasteiger partial charge in [0.25, 0.3) is 0 Å². The summed E-state index contributed by atoms with van der Waals surface area (Å²) in [5.74, 6) is 0.349. The van der Waals surface area contributed by atoms with E-state index >= 15 is 0 Å². The van der Waals surface area contributed by atoms with Crippen molar-refractivity contribution in [3.05, 3.63) is 11.6 Å². The van der Waals surface area contributed by atoms with Gasteiger partial charge in [0.15, 0.2) is 11.4 Å². The van der Waals surface area contributed by atoms with Gasteiger partial charge in [-0.05, 0) is 37.7 Å². The van der Waals surface area contributed by atoms with E-state index in [0.29, 0.717) is 19.1 Å². The third kappa shape index (κ3) is 2.10. The van der Waals surface area contributed by atoms with Crippen molar-refractivity contribution in [1.29, 1.82) is 0 Å². The number of ether oxygens (including phenoxy) is 3. The first-order valence-corrected chi connectivity index (χ1v) is 9.86. The second-order valence-corrected chi connectivity index (χ2v) is 9.20. The van der Waals surface area contributed by atoms with Gasteiger partial charge in [0.1, 0.15) is 12.2 Å². The normalized spacial score (nSPS) is 46.8. The Morgan fingerprint density at radius 2 is 2.12 bits per heavy atom. The first-order chi connectivity index (χ1) is 12.2. The Hall–Kier alpha value is -1.20. The molecule has 5 nitrogen and oxygen atoms in total. The molecule has 0 aromatic rings. The topological polar surface area (TPSA) is 65.1 Å². The van der Waals surface area contributed by atoms with Crippen molar-refractivity contribution < 1.29 is 23.8 Å². The van der Waals surface area contributed by atoms with Crippen molar-refractivity contribution in [2.75, 3.05) is 13.2 Å². The number of esters is 1. The Morgan fingerprint density at radius 1 is 1.38 bits per heavy atom. The van der Waals surface area contributed by atoms with Crippen molar-refractivity contribution in [3.63, 3.8) is 0 Å². The van der Waals surface area contributed by atoms with Crippen LogP contribution in [0.15, 0.2) is 11.6 Å². The molecule has 0 aromatic heterocycles. The Bertz CT molecular complexity index is 682. The second kappa shape index (κ2) is 5.65. The first-order valence-electron chi connectivity index (χ1n) is 9.86. The van der Waals surface area contributed by atoms with Gasteiger partial charge >= 0.3 is 5.97 Å². The van der Waals surface area contributed by atoms with Crippen LogP contribution < -0.4 is 0 Å². The molecule has 4 aliphatic rings. The van der Waals surface area contributed by atoms with Crippen LogP contribution in [0, 0.1) is 23.2 Å². The van der Waals surface area contributed by atoms with Crippen molar-refractivity contribution in [2.24, 2.45) is 23.2 Å². The maximum Gasteiger partial charge on any atom is 0.302 e. The van der Waals surface area contributed by atoms with Crippen molar-refractivity contribution in [3.8, 4) is 0 Å². The summed E-state index contributed by atoms with van der Waals surface area (Å²) in [6.45, 7) is 10.6. The molecule has 26 heavy (non-hydrogen) atoms. The van der Waals surface area contributed by atoms with Crippen LogP contribution in [-0.2, 0) is 23.8 Å². The van der Waals surface area contributed by atoms with E-state index in [4.69, 9.17) is 14.2 Å². The van der Waals surface area contributed by atoms with Gasteiger partial charge in [-0.1, -0.05) is 26.8 Å². The molecule has 3 fully saturated rings. The standard InChI is InChI=1S/C21H30O5/c1-12(2)15-9-17-21(26-17)19(4)8-6-7-14(10-24-13(3)22)16(19)11-25-20(21,5)18(15)23/h7,12,15-17H,6,8-11H2,1-5H3/t15?,16?,17-,19-,20+,21+/m0/s1. The zero-order valence-electron chi connectivity index (χ0n) is 16.5. The minimum atomic E-state index is -0.875. The number of rotatable bonds is 3. The Balaban J connectivity index is 1.69. The Kier molecular flexibility index (Phi) is 3.95. The van der Waals surface area contributed by atoms with Crippen LogP contribution >= 0.6 is 0 Å². The van der Waals surface area contributed by atoms with Gasteiger partial charge in [-0.15, -0.1) is 0 Å². The molecule has 0 bridgehead atoms. The largest absolute Gasteiger partial charge is 0.461 e. The summed E-state index contributed by atoms with van der Waals surface area (Å²) in [5.41, 5.74) is -0.480. The summed E-state index contributed by atoms with van der Waals surface area (Å²) in [6.07, 6.45) is 4.94. The molecule has 2 aliphatic carbocycles. The number of carbonyl (C=O) groups excluding carboxylic acids is 2. The lowest BCUT2D eigenvalue weighted by atomic mass is 9.50. The molecule has 2 heterocycles. The molecule has 5 heteroatoms. The highest BCUT2D eigenvalue weighted by Gasteiger charge is 2.83. The molecular formula is C21H30O5. The molecule has 0 radical (unpaired) electrons. The van der Waals surface area contributed by atoms with E-state index in [9.17, 15) is 9.59 Å². The van der Waals surface area contributed by atoms with Crippen molar-refractivity contribution in [2.45, 2.75) is 71.2 Å². The van der Waals surface area contributed by atoms with E-state index in [2.05, 4.69) is 26.8 Å². The third-order valence-electron chi connectivity index (χ3n) is 7.63. The lowest BCUT2D eigenvalue weighted by Crippen LogP contribution is -2.70. The molecule has 0 N–H and O–H groups in total. The fourth-order valence-electron chi connectivity index (χ4n) is 6.11. The molecule has 1 spiro atoms. The van der Waals surface area contributed by atoms with Crippen LogP contribution in [0.3, 0.4) is 0 Å². The fraction of sp³-hybridized carbons (Fsp3) is 0.810. The van der Waals surface area contributed by atoms with Crippen LogP contribution in [0.25, 0.3) is 0 Å². The molecule has 0 aromatic carbocycles. The fourth-order valence-corrected chi connectivity index (χ4v) is 6.11. The zero-order valence-corrected chi connectivity index (χ0v) is 16.5. The second-order valence-electron chi connectivity index (χ2n) is 9.20. The van der Waals surface area contributed by atoms with Gasteiger partial charge in [-0.3, -0.25) is 9.59 Å². The number of ketones is 1. The summed E-state index contributed by atoms with van der Waals surface area (Å²) in [5, 5.41) is 0. The maximum atomic E-state index is 13.4. The van der Waals surface area contributed by atoms with Crippen LogP contribution in [0.4, 0.5) is 0 Å². The lowest BCUT2D eigenvalue weighted by molar-refractivity contribution is -0.210. The molecule has 2 saturated heterocycles. The predicted octanol–water partition coefficient (Wildman–Crippen LogP) is 3.06. The molecule has 6 atom stereocenters. The minimum absolute atomic E-state index is 0.000393. The van der Waals surface area contributed by atoms with Crippen LogP contribution in [-0.4, -0.2) is 42.3 Å². The average Bonchev–Trinajstić information content (AvgIpc) is 3.31. The van der Waals surface area contributed by atoms with Crippen LogP contribution in [0.5, 0.6) is 0 Å². The van der Waals surface area contributed by atoms with Crippen molar-refractivity contribution >= 4 is 11.8 Å². The van der Waals surface area contributed by atoms with Gasteiger partial charge in [-0.25, -0.2) is 0 Å². The van der Waals surface area contributed by atoms with E-state index in [1.54, 1.807) is 0 Å². The molecule has 1 saturated carbocycles. The summed E-state index contributed by atoms with van der Waals surface area (Å²) < 4.78 is 18.0. The number of epoxide rings is 1. The van der Waals surface area contributed by atoms with Crippen LogP contribution in [0.1, 0.15) is 53.9 Å². The zero-order chi connectivity index (χ0) is 18.9. The van der Waals surface area contributed by atoms with Gasteiger partial charge < -0.3 is 14.2 Å². The molecular weight excluding hydrogens is 332 g/mol. The summed E-state index contributed by atoms with van der Waals surface area (Å²) >= 11 is 0. The molecule has 2 unspecified atom stereocenters. The number of hydrogen-bond acceptors (Lipinski definition) is 5. The molecule has 2 aliphatic heterocycles. The number of fused-ring (bicyclic) bond motifs is 1. The summed E-state index contributed by atoms with van der Waals surface area (Å²) in [4.78, 5) is 24.6. The molecule has 4 rings (SSSR count). The third-order valence-corrected chi connectivity index (χ3v) is 7.63. The van der Waals surface area contributed by atoms with E-state index in [1.807, 2.05) is 6.92 Å². The first kappa shape index (κ1) is 18.2. The number of hydrogen-bond donors (Lipinski definition) is 0. The SMILES string of the molecule is CC(=O)OCC1=CCC[C@@]2(C)C1CO[C@]1(C)C(=O)C(C(C)C)C[C@@H]3O[C@]321. The van der Waals surface area contributed by atoms with Gasteiger partial charge in [0, 0.05) is 24.2 Å². The Labute approximate surface area is 155 Å². The molecule has 144 valence electrons. The number of carbonyl (C=O) groups is 2. The quantitative estimate of drug-likeness (QED) is 0.439. The monoisotopic (exact) mass is 362 g/mol. The highest BCUT2D eigenvalue weighted by Crippen LogP contribution is 2.70. The summed E-state index contributed by atoms with van der Waals surface area (Å²) in [7, 11) is 0. The lowest BCUT2D eigenvalue weighted by Gasteiger charge is -2.58. The average molecular weight is 362 g/mol. The van der Waals surface area contributed by atoms with E-state index < -0.39 is 11.2 Å². The highest BCUT2D eigenvalue weighted by molar-refractivity contribution is 5.93. The highest BCUT2D eigenvalue weighted by atomic mass is 16.7. The van der Waals surface area contributed by atoms with E-state index in [1.165, 1.54) is 6.92 Å². The minimum Gasteiger partial charge on any atom is -0.461 e. The van der Waals surface area contributed by atoms with E-state index in [0.717, 1.165) is 24.8 Å². The van der Waals surface area contributed by atoms with Crippen molar-refractivity contribution in [1.82, 2.24) is 0 Å². The summed E-state index contributed by atoms with van der Waals surface area (Å²) in [6, 6.07) is 0. The van der Waals surface area contributed by atoms with Gasteiger partial charge in [0.05, 0.1) is 12.7 Å². The Morgan fingerprint density at radius 3 is 2.77 bits per heavy atom. The number of Topliss-reactive ketones (excluding diaryl/α,β-unsaturated/α-hetero) is 1.